The molecule has 1 N–H and O–H groups in total. The van der Waals surface area contributed by atoms with E-state index in [4.69, 9.17) is 9.84 Å². The Bertz CT molecular complexity index is 654. The van der Waals surface area contributed by atoms with E-state index in [9.17, 15) is 4.79 Å². The first-order valence-electron chi connectivity index (χ1n) is 6.72. The third-order valence-electron chi connectivity index (χ3n) is 3.03. The van der Waals surface area contributed by atoms with Gasteiger partial charge in [-0.25, -0.2) is 14.8 Å². The second-order valence-corrected chi connectivity index (χ2v) is 6.03. The molecule has 0 aromatic carbocycles. The summed E-state index contributed by atoms with van der Waals surface area (Å²) in [5.41, 5.74) is 0.820. The second-order valence-electron chi connectivity index (χ2n) is 5.03. The first-order valence-corrected chi connectivity index (χ1v) is 7.54. The minimum Gasteiger partial charge on any atom is -0.459 e. The van der Waals surface area contributed by atoms with Crippen molar-refractivity contribution in [3.8, 4) is 0 Å². The van der Waals surface area contributed by atoms with Crippen LogP contribution in [0.3, 0.4) is 0 Å². The van der Waals surface area contributed by atoms with Crippen molar-refractivity contribution in [3.05, 3.63) is 16.8 Å². The molecule has 2 heterocycles. The minimum atomic E-state index is -0.332. The molecule has 0 radical (unpaired) electrons. The Morgan fingerprint density at radius 2 is 2.19 bits per heavy atom. The largest absolute Gasteiger partial charge is 0.459 e. The summed E-state index contributed by atoms with van der Waals surface area (Å²) in [5, 5.41) is 9.92. The Labute approximate surface area is 127 Å². The summed E-state index contributed by atoms with van der Waals surface area (Å²) in [6, 6.07) is 0. The average Bonchev–Trinajstić information content (AvgIpc) is 2.76. The van der Waals surface area contributed by atoms with Crippen molar-refractivity contribution in [2.75, 3.05) is 25.1 Å². The highest BCUT2D eigenvalue weighted by atomic mass is 32.1. The molecule has 2 aromatic rings. The van der Waals surface area contributed by atoms with Crippen molar-refractivity contribution in [2.45, 2.75) is 26.9 Å². The van der Waals surface area contributed by atoms with Crippen LogP contribution in [0.5, 0.6) is 0 Å². The number of hydrogen-bond acceptors (Lipinski definition) is 7. The number of carbonyl (C=O) groups excluding carboxylic acids is 1. The number of rotatable bonds is 5. The lowest BCUT2D eigenvalue weighted by molar-refractivity contribution is 0.0383. The molecule has 114 valence electrons. The second kappa shape index (κ2) is 6.36. The first kappa shape index (κ1) is 15.7. The monoisotopic (exact) mass is 309 g/mol. The summed E-state index contributed by atoms with van der Waals surface area (Å²) in [5.74, 6) is 0.382. The number of carbonyl (C=O) groups is 1. The van der Waals surface area contributed by atoms with Crippen LogP contribution < -0.4 is 4.90 Å². The fourth-order valence-corrected chi connectivity index (χ4v) is 3.09. The van der Waals surface area contributed by atoms with Crippen LogP contribution >= 0.6 is 11.3 Å². The molecule has 2 rings (SSSR count). The number of hydrogen-bond donors (Lipinski definition) is 1. The van der Waals surface area contributed by atoms with E-state index < -0.39 is 0 Å². The van der Waals surface area contributed by atoms with E-state index in [1.165, 1.54) is 17.7 Å². The number of aromatic nitrogens is 2. The van der Waals surface area contributed by atoms with Gasteiger partial charge < -0.3 is 14.7 Å². The fraction of sp³-hybridized carbons (Fsp3) is 0.500. The highest BCUT2D eigenvalue weighted by Crippen LogP contribution is 2.34. The molecule has 6 nitrogen and oxygen atoms in total. The number of aliphatic hydroxyl groups excluding tert-OH is 1. The van der Waals surface area contributed by atoms with Crippen LogP contribution in [0.15, 0.2) is 6.33 Å². The molecule has 2 aromatic heterocycles. The molecule has 21 heavy (non-hydrogen) atoms. The van der Waals surface area contributed by atoms with E-state index in [0.29, 0.717) is 17.2 Å². The van der Waals surface area contributed by atoms with Crippen LogP contribution in [-0.2, 0) is 4.74 Å². The molecule has 0 unspecified atom stereocenters. The van der Waals surface area contributed by atoms with Crippen LogP contribution in [0, 0.1) is 6.92 Å². The normalized spacial score (nSPS) is 11.1. The molecule has 0 atom stereocenters. The molecule has 7 heteroatoms. The zero-order valence-electron chi connectivity index (χ0n) is 12.6. The molecule has 0 saturated heterocycles. The quantitative estimate of drug-likeness (QED) is 0.851. The minimum absolute atomic E-state index is 0.0351. The molecule has 0 bridgehead atoms. The number of likely N-dealkylation sites (N-methyl/N-ethyl adjacent to an activating group) is 1. The maximum Gasteiger partial charge on any atom is 0.348 e. The third kappa shape index (κ3) is 3.14. The summed E-state index contributed by atoms with van der Waals surface area (Å²) in [6.07, 6.45) is 1.31. The number of fused-ring (bicyclic) bond motifs is 1. The third-order valence-corrected chi connectivity index (χ3v) is 4.21. The standard InChI is InChI=1S/C14H19N3O3S/c1-8(2)20-14(19)11-9(3)10-12(17(4)5-6-18)15-7-16-13(10)21-11/h7-8,18H,5-6H2,1-4H3. The number of thiophene rings is 1. The highest BCUT2D eigenvalue weighted by Gasteiger charge is 2.22. The van der Waals surface area contributed by atoms with Gasteiger partial charge in [0, 0.05) is 13.6 Å². The number of esters is 1. The van der Waals surface area contributed by atoms with Gasteiger partial charge in [-0.1, -0.05) is 0 Å². The van der Waals surface area contributed by atoms with Crippen LogP contribution in [0.1, 0.15) is 29.1 Å². The van der Waals surface area contributed by atoms with Crippen LogP contribution in [0.4, 0.5) is 5.82 Å². The molecule has 0 spiro atoms. The van der Waals surface area contributed by atoms with Gasteiger partial charge in [0.05, 0.1) is 18.1 Å². The number of nitrogens with zero attached hydrogens (tertiary/aromatic N) is 3. The summed E-state index contributed by atoms with van der Waals surface area (Å²) >= 11 is 1.31. The molecule has 0 fully saturated rings. The summed E-state index contributed by atoms with van der Waals surface area (Å²) in [4.78, 5) is 23.8. The van der Waals surface area contributed by atoms with Gasteiger partial charge in [-0.15, -0.1) is 11.3 Å². The van der Waals surface area contributed by atoms with Crippen molar-refractivity contribution < 1.29 is 14.6 Å². The Morgan fingerprint density at radius 3 is 2.81 bits per heavy atom. The lowest BCUT2D eigenvalue weighted by Gasteiger charge is -2.17. The van der Waals surface area contributed by atoms with Crippen LogP contribution in [-0.4, -0.2) is 47.3 Å². The van der Waals surface area contributed by atoms with Crippen molar-refractivity contribution in [1.29, 1.82) is 0 Å². The summed E-state index contributed by atoms with van der Waals surface area (Å²) in [6.45, 7) is 6.01. The molecule has 0 saturated carbocycles. The molecular weight excluding hydrogens is 290 g/mol. The number of ether oxygens (including phenoxy) is 1. The Balaban J connectivity index is 2.51. The van der Waals surface area contributed by atoms with Gasteiger partial charge in [0.15, 0.2) is 0 Å². The number of aryl methyl sites for hydroxylation is 1. The van der Waals surface area contributed by atoms with Crippen molar-refractivity contribution in [2.24, 2.45) is 0 Å². The number of anilines is 1. The lowest BCUT2D eigenvalue weighted by atomic mass is 10.2. The summed E-state index contributed by atoms with van der Waals surface area (Å²) in [7, 11) is 1.85. The maximum absolute atomic E-state index is 12.1. The van der Waals surface area contributed by atoms with Gasteiger partial charge in [-0.05, 0) is 26.3 Å². The van der Waals surface area contributed by atoms with Crippen molar-refractivity contribution in [1.82, 2.24) is 9.97 Å². The zero-order valence-corrected chi connectivity index (χ0v) is 13.4. The first-order chi connectivity index (χ1) is 9.95. The fourth-order valence-electron chi connectivity index (χ4n) is 2.06. The van der Waals surface area contributed by atoms with Gasteiger partial charge >= 0.3 is 5.97 Å². The molecule has 0 aliphatic carbocycles. The maximum atomic E-state index is 12.1. The van der Waals surface area contributed by atoms with Gasteiger partial charge in [0.2, 0.25) is 0 Å². The topological polar surface area (TPSA) is 75.5 Å². The Hall–Kier alpha value is -1.73. The average molecular weight is 309 g/mol. The lowest BCUT2D eigenvalue weighted by Crippen LogP contribution is -2.22. The van der Waals surface area contributed by atoms with E-state index >= 15 is 0 Å². The summed E-state index contributed by atoms with van der Waals surface area (Å²) < 4.78 is 5.26. The van der Waals surface area contributed by atoms with E-state index in [0.717, 1.165) is 15.8 Å². The molecule has 0 aliphatic heterocycles. The number of aliphatic hydroxyl groups is 1. The van der Waals surface area contributed by atoms with E-state index in [1.54, 1.807) is 0 Å². The van der Waals surface area contributed by atoms with Crippen molar-refractivity contribution in [3.63, 3.8) is 0 Å². The van der Waals surface area contributed by atoms with Crippen LogP contribution in [0.25, 0.3) is 10.2 Å². The van der Waals surface area contributed by atoms with Crippen molar-refractivity contribution >= 4 is 33.3 Å². The predicted molar refractivity (Wildman–Crippen MR) is 83.1 cm³/mol. The van der Waals surface area contributed by atoms with Crippen LogP contribution in [0.2, 0.25) is 0 Å². The van der Waals surface area contributed by atoms with Gasteiger partial charge in [0.25, 0.3) is 0 Å². The Kier molecular flexibility index (Phi) is 4.74. The zero-order chi connectivity index (χ0) is 15.6. The smallest absolute Gasteiger partial charge is 0.348 e. The molecule has 0 aliphatic rings. The van der Waals surface area contributed by atoms with E-state index in [1.807, 2.05) is 32.7 Å². The van der Waals surface area contributed by atoms with Gasteiger partial charge in [-0.2, -0.15) is 0 Å². The SMILES string of the molecule is Cc1c(C(=O)OC(C)C)sc2ncnc(N(C)CCO)c12. The molecule has 0 amide bonds. The molecular formula is C14H19N3O3S. The highest BCUT2D eigenvalue weighted by molar-refractivity contribution is 7.20. The van der Waals surface area contributed by atoms with Gasteiger partial charge in [-0.3, -0.25) is 0 Å². The van der Waals surface area contributed by atoms with Gasteiger partial charge in [0.1, 0.15) is 21.9 Å². The van der Waals surface area contributed by atoms with E-state index in [2.05, 4.69) is 9.97 Å². The Morgan fingerprint density at radius 1 is 1.48 bits per heavy atom. The predicted octanol–water partition coefficient (Wildman–Crippen LogP) is 1.99. The van der Waals surface area contributed by atoms with E-state index in [-0.39, 0.29) is 18.7 Å².